The maximum Gasteiger partial charge on any atom is 0.0252 e. The smallest absolute Gasteiger partial charge is 0.0252 e. The second-order valence-electron chi connectivity index (χ2n) is 9.13. The Hall–Kier alpha value is -0.300. The summed E-state index contributed by atoms with van der Waals surface area (Å²) in [6.07, 6.45) is 13.7. The molecule has 0 spiro atoms. The molecular formula is C19H33N. The minimum Gasteiger partial charge on any atom is -0.311 e. The van der Waals surface area contributed by atoms with Gasteiger partial charge in [0, 0.05) is 6.04 Å². The fourth-order valence-corrected chi connectivity index (χ4v) is 6.95. The van der Waals surface area contributed by atoms with E-state index in [4.69, 9.17) is 0 Å². The van der Waals surface area contributed by atoms with Crippen LogP contribution in [0, 0.1) is 22.2 Å². The fourth-order valence-electron chi connectivity index (χ4n) is 6.95. The van der Waals surface area contributed by atoms with Crippen LogP contribution in [0.4, 0.5) is 0 Å². The van der Waals surface area contributed by atoms with Gasteiger partial charge in [-0.15, -0.1) is 6.58 Å². The Labute approximate surface area is 125 Å². The largest absolute Gasteiger partial charge is 0.311 e. The molecule has 3 unspecified atom stereocenters. The molecule has 0 aliphatic heterocycles. The lowest BCUT2D eigenvalue weighted by atomic mass is 9.39. The third-order valence-electron chi connectivity index (χ3n) is 6.34. The van der Waals surface area contributed by atoms with Crippen LogP contribution in [0.5, 0.6) is 0 Å². The molecule has 114 valence electrons. The summed E-state index contributed by atoms with van der Waals surface area (Å²) in [6.45, 7) is 12.6. The molecule has 4 fully saturated rings. The summed E-state index contributed by atoms with van der Waals surface area (Å²) < 4.78 is 0. The van der Waals surface area contributed by atoms with Crippen molar-refractivity contribution in [1.29, 1.82) is 0 Å². The average molecular weight is 275 g/mol. The van der Waals surface area contributed by atoms with Crippen molar-refractivity contribution >= 4 is 0 Å². The molecule has 4 aliphatic carbocycles. The highest BCUT2D eigenvalue weighted by Crippen LogP contribution is 2.70. The molecule has 0 aromatic carbocycles. The van der Waals surface area contributed by atoms with Crippen molar-refractivity contribution in [1.82, 2.24) is 5.32 Å². The van der Waals surface area contributed by atoms with Crippen molar-refractivity contribution in [3.05, 3.63) is 12.7 Å². The molecule has 4 bridgehead atoms. The monoisotopic (exact) mass is 275 g/mol. The van der Waals surface area contributed by atoms with Gasteiger partial charge in [0.2, 0.25) is 0 Å². The van der Waals surface area contributed by atoms with Crippen molar-refractivity contribution in [3.8, 4) is 0 Å². The molecule has 20 heavy (non-hydrogen) atoms. The van der Waals surface area contributed by atoms with E-state index in [0.717, 1.165) is 12.5 Å². The highest BCUT2D eigenvalue weighted by Gasteiger charge is 2.59. The predicted octanol–water partition coefficient (Wildman–Crippen LogP) is 4.93. The number of hydrogen-bond acceptors (Lipinski definition) is 1. The van der Waals surface area contributed by atoms with Crippen LogP contribution < -0.4 is 5.32 Å². The van der Waals surface area contributed by atoms with Gasteiger partial charge in [0.25, 0.3) is 0 Å². The number of rotatable bonds is 6. The molecular weight excluding hydrogens is 242 g/mol. The Bertz CT molecular complexity index is 367. The first-order chi connectivity index (χ1) is 9.40. The van der Waals surface area contributed by atoms with Crippen molar-refractivity contribution in [3.63, 3.8) is 0 Å². The van der Waals surface area contributed by atoms with Gasteiger partial charge in [-0.05, 0) is 80.1 Å². The van der Waals surface area contributed by atoms with Crippen LogP contribution in [-0.2, 0) is 0 Å². The van der Waals surface area contributed by atoms with Gasteiger partial charge >= 0.3 is 0 Å². The molecule has 4 saturated carbocycles. The normalized spacial score (nSPS) is 47.5. The quantitative estimate of drug-likeness (QED) is 0.678. The van der Waals surface area contributed by atoms with Gasteiger partial charge < -0.3 is 5.32 Å². The van der Waals surface area contributed by atoms with E-state index in [1.807, 2.05) is 0 Å². The highest BCUT2D eigenvalue weighted by atomic mass is 14.9. The molecule has 0 radical (unpaired) electrons. The Kier molecular flexibility index (Phi) is 3.56. The predicted molar refractivity (Wildman–Crippen MR) is 86.7 cm³/mol. The van der Waals surface area contributed by atoms with E-state index in [9.17, 15) is 0 Å². The molecule has 0 aromatic heterocycles. The second-order valence-corrected chi connectivity index (χ2v) is 9.13. The molecule has 0 heterocycles. The second kappa shape index (κ2) is 4.87. The van der Waals surface area contributed by atoms with Crippen LogP contribution >= 0.6 is 0 Å². The summed E-state index contributed by atoms with van der Waals surface area (Å²) >= 11 is 0. The summed E-state index contributed by atoms with van der Waals surface area (Å²) in [6, 6.07) is 0.526. The van der Waals surface area contributed by atoms with E-state index in [-0.39, 0.29) is 0 Å². The Morgan fingerprint density at radius 1 is 1.15 bits per heavy atom. The Balaban J connectivity index is 1.76. The maximum absolute atomic E-state index is 4.08. The van der Waals surface area contributed by atoms with E-state index in [1.165, 1.54) is 51.4 Å². The molecule has 0 amide bonds. The lowest BCUT2D eigenvalue weighted by molar-refractivity contribution is -0.148. The Morgan fingerprint density at radius 3 is 2.30 bits per heavy atom. The topological polar surface area (TPSA) is 12.0 Å². The zero-order chi connectivity index (χ0) is 14.4. The van der Waals surface area contributed by atoms with Gasteiger partial charge in [-0.3, -0.25) is 0 Å². The first-order valence-corrected chi connectivity index (χ1v) is 8.76. The average Bonchev–Trinajstić information content (AvgIpc) is 2.29. The minimum absolute atomic E-state index is 0.526. The third-order valence-corrected chi connectivity index (χ3v) is 6.34. The van der Waals surface area contributed by atoms with E-state index >= 15 is 0 Å². The van der Waals surface area contributed by atoms with Gasteiger partial charge in [0.1, 0.15) is 0 Å². The molecule has 3 atom stereocenters. The first kappa shape index (κ1) is 14.6. The van der Waals surface area contributed by atoms with Crippen molar-refractivity contribution in [2.75, 3.05) is 6.54 Å². The lowest BCUT2D eigenvalue weighted by Gasteiger charge is -2.66. The first-order valence-electron chi connectivity index (χ1n) is 8.76. The Morgan fingerprint density at radius 2 is 1.80 bits per heavy atom. The van der Waals surface area contributed by atoms with E-state index in [2.05, 4.69) is 38.7 Å². The van der Waals surface area contributed by atoms with Gasteiger partial charge in [-0.1, -0.05) is 26.8 Å². The molecule has 4 rings (SSSR count). The molecule has 1 heteroatoms. The maximum atomic E-state index is 4.08. The summed E-state index contributed by atoms with van der Waals surface area (Å²) in [7, 11) is 0. The highest BCUT2D eigenvalue weighted by molar-refractivity contribution is 5.11. The van der Waals surface area contributed by atoms with E-state index < -0.39 is 0 Å². The zero-order valence-electron chi connectivity index (χ0n) is 13.8. The molecule has 0 saturated heterocycles. The summed E-state index contributed by atoms with van der Waals surface area (Å²) in [4.78, 5) is 0. The molecule has 4 aliphatic rings. The number of nitrogens with one attached hydrogen (secondary N) is 1. The molecule has 1 N–H and O–H groups in total. The van der Waals surface area contributed by atoms with Gasteiger partial charge in [0.15, 0.2) is 0 Å². The van der Waals surface area contributed by atoms with Gasteiger partial charge in [-0.2, -0.15) is 0 Å². The van der Waals surface area contributed by atoms with E-state index in [0.29, 0.717) is 22.3 Å². The summed E-state index contributed by atoms with van der Waals surface area (Å²) in [5.41, 5.74) is 1.90. The summed E-state index contributed by atoms with van der Waals surface area (Å²) in [5.74, 6) is 1.01. The van der Waals surface area contributed by atoms with E-state index in [1.54, 1.807) is 0 Å². The fraction of sp³-hybridized carbons (Fsp3) is 0.895. The molecule has 1 nitrogen and oxygen atoms in total. The van der Waals surface area contributed by atoms with Crippen molar-refractivity contribution in [2.45, 2.75) is 78.2 Å². The number of hydrogen-bond donors (Lipinski definition) is 1. The van der Waals surface area contributed by atoms with Gasteiger partial charge in [-0.25, -0.2) is 0 Å². The third kappa shape index (κ3) is 2.58. The van der Waals surface area contributed by atoms with Crippen LogP contribution in [0.15, 0.2) is 12.7 Å². The SMILES string of the molecule is C=CC(CC12CC3CC(C)(CC(C)(C3)C1)C2)NCCC. The van der Waals surface area contributed by atoms with Crippen molar-refractivity contribution < 1.29 is 0 Å². The molecule has 0 aromatic rings. The lowest BCUT2D eigenvalue weighted by Crippen LogP contribution is -2.56. The van der Waals surface area contributed by atoms with Crippen LogP contribution in [-0.4, -0.2) is 12.6 Å². The standard InChI is InChI=1S/C19H33N/c1-5-7-20-16(6-2)11-19-10-15-8-17(3,13-19)12-18(4,9-15)14-19/h6,15-16,20H,2,5,7-14H2,1,3-4H3. The van der Waals surface area contributed by atoms with Crippen LogP contribution in [0.2, 0.25) is 0 Å². The summed E-state index contributed by atoms with van der Waals surface area (Å²) in [5, 5.41) is 3.70. The van der Waals surface area contributed by atoms with Crippen LogP contribution in [0.3, 0.4) is 0 Å². The van der Waals surface area contributed by atoms with Crippen LogP contribution in [0.25, 0.3) is 0 Å². The van der Waals surface area contributed by atoms with Crippen molar-refractivity contribution in [2.24, 2.45) is 22.2 Å². The zero-order valence-corrected chi connectivity index (χ0v) is 13.8. The minimum atomic E-state index is 0.526. The van der Waals surface area contributed by atoms with Gasteiger partial charge in [0.05, 0.1) is 0 Å². The van der Waals surface area contributed by atoms with Crippen LogP contribution in [0.1, 0.15) is 72.1 Å².